The number of amides is 4. The Labute approximate surface area is 248 Å². The summed E-state index contributed by atoms with van der Waals surface area (Å²) in [4.78, 5) is 61.8. The van der Waals surface area contributed by atoms with E-state index in [1.807, 2.05) is 44.2 Å². The first-order chi connectivity index (χ1) is 20.8. The number of fused-ring (bicyclic) bond motifs is 3. The van der Waals surface area contributed by atoms with Crippen LogP contribution in [-0.2, 0) is 16.0 Å². The normalized spacial score (nSPS) is 20.3. The van der Waals surface area contributed by atoms with E-state index in [9.17, 15) is 19.2 Å². The van der Waals surface area contributed by atoms with E-state index in [0.29, 0.717) is 43.4 Å². The average molecular weight is 586 g/mol. The van der Waals surface area contributed by atoms with E-state index >= 15 is 0 Å². The summed E-state index contributed by atoms with van der Waals surface area (Å²) in [5, 5.41) is 11.5. The largest absolute Gasteiger partial charge is 0.446 e. The number of pyridine rings is 1. The summed E-state index contributed by atoms with van der Waals surface area (Å²) >= 11 is 0. The van der Waals surface area contributed by atoms with E-state index in [4.69, 9.17) is 4.42 Å². The summed E-state index contributed by atoms with van der Waals surface area (Å²) in [6.07, 6.45) is 8.03. The van der Waals surface area contributed by atoms with Gasteiger partial charge in [0.25, 0.3) is 11.8 Å². The number of nitrogens with one attached hydrogen (secondary N) is 4. The third kappa shape index (κ3) is 7.26. The zero-order valence-electron chi connectivity index (χ0n) is 24.1. The van der Waals surface area contributed by atoms with E-state index in [1.165, 1.54) is 6.26 Å². The fourth-order valence-electron chi connectivity index (χ4n) is 4.98. The maximum absolute atomic E-state index is 13.7. The van der Waals surface area contributed by atoms with Crippen molar-refractivity contribution in [1.29, 1.82) is 0 Å². The van der Waals surface area contributed by atoms with E-state index < -0.39 is 41.8 Å². The zero-order valence-corrected chi connectivity index (χ0v) is 24.1. The lowest BCUT2D eigenvalue weighted by Gasteiger charge is -2.27. The van der Waals surface area contributed by atoms with Crippen LogP contribution in [0.1, 0.15) is 71.5 Å². The van der Waals surface area contributed by atoms with Gasteiger partial charge in [0.2, 0.25) is 17.7 Å². The van der Waals surface area contributed by atoms with Crippen molar-refractivity contribution in [2.24, 2.45) is 5.92 Å². The fourth-order valence-corrected chi connectivity index (χ4v) is 4.98. The molecule has 1 aromatic carbocycles. The van der Waals surface area contributed by atoms with Gasteiger partial charge in [-0.3, -0.25) is 19.2 Å². The number of imidazole rings is 1. The Kier molecular flexibility index (Phi) is 9.14. The number of nitrogens with zero attached hydrogens (tertiary/aromatic N) is 3. The minimum Gasteiger partial charge on any atom is -0.446 e. The topological polar surface area (TPSA) is 160 Å². The number of aromatic nitrogens is 3. The average Bonchev–Trinajstić information content (AvgIpc) is 3.68. The predicted octanol–water partition coefficient (Wildman–Crippen LogP) is 2.58. The first-order valence-electron chi connectivity index (χ1n) is 14.4. The molecule has 3 aromatic heterocycles. The third-order valence-electron chi connectivity index (χ3n) is 7.38. The molecule has 0 spiro atoms. The van der Waals surface area contributed by atoms with Crippen molar-refractivity contribution in [2.75, 3.05) is 6.54 Å². The van der Waals surface area contributed by atoms with Gasteiger partial charge in [0.15, 0.2) is 5.69 Å². The molecule has 4 amide bonds. The van der Waals surface area contributed by atoms with Crippen LogP contribution in [0.25, 0.3) is 5.65 Å². The molecule has 0 radical (unpaired) electrons. The Hall–Kier alpha value is -5.00. The van der Waals surface area contributed by atoms with E-state index in [1.54, 1.807) is 35.1 Å². The molecule has 1 aliphatic rings. The van der Waals surface area contributed by atoms with Crippen molar-refractivity contribution in [3.63, 3.8) is 0 Å². The lowest BCUT2D eigenvalue weighted by atomic mass is 10.00. The van der Waals surface area contributed by atoms with Gasteiger partial charge in [0.1, 0.15) is 30.0 Å². The van der Waals surface area contributed by atoms with Crippen LogP contribution >= 0.6 is 0 Å². The molecule has 5 rings (SSSR count). The molecule has 1 aliphatic heterocycles. The summed E-state index contributed by atoms with van der Waals surface area (Å²) in [6, 6.07) is 10.4. The van der Waals surface area contributed by atoms with Crippen LogP contribution in [0.2, 0.25) is 0 Å². The predicted molar refractivity (Wildman–Crippen MR) is 157 cm³/mol. The summed E-state index contributed by atoms with van der Waals surface area (Å²) in [7, 11) is 0. The Morgan fingerprint density at radius 2 is 1.88 bits per heavy atom. The van der Waals surface area contributed by atoms with Crippen molar-refractivity contribution in [1.82, 2.24) is 35.6 Å². The first kappa shape index (κ1) is 29.5. The van der Waals surface area contributed by atoms with Crippen molar-refractivity contribution >= 4 is 29.3 Å². The Morgan fingerprint density at radius 3 is 2.67 bits per heavy atom. The molecule has 4 N–H and O–H groups in total. The van der Waals surface area contributed by atoms with Crippen LogP contribution in [-0.4, -0.2) is 56.6 Å². The van der Waals surface area contributed by atoms with Gasteiger partial charge >= 0.3 is 0 Å². The van der Waals surface area contributed by atoms with Crippen LogP contribution in [0.4, 0.5) is 0 Å². The monoisotopic (exact) mass is 585 g/mol. The molecule has 12 heteroatoms. The molecular weight excluding hydrogens is 550 g/mol. The smallest absolute Gasteiger partial charge is 0.273 e. The van der Waals surface area contributed by atoms with Gasteiger partial charge in [-0.1, -0.05) is 44.2 Å². The fraction of sp³-hybridized carbons (Fsp3) is 0.355. The molecule has 43 heavy (non-hydrogen) atoms. The second-order valence-electron chi connectivity index (χ2n) is 10.9. The Balaban J connectivity index is 1.39. The molecule has 0 saturated heterocycles. The lowest BCUT2D eigenvalue weighted by Crippen LogP contribution is -2.56. The lowest BCUT2D eigenvalue weighted by molar-refractivity contribution is -0.131. The van der Waals surface area contributed by atoms with Crippen LogP contribution in [0.15, 0.2) is 71.7 Å². The second kappa shape index (κ2) is 13.3. The number of carbonyl (C=O) groups is 4. The van der Waals surface area contributed by atoms with Crippen molar-refractivity contribution in [3.8, 4) is 0 Å². The molecule has 3 atom stereocenters. The van der Waals surface area contributed by atoms with Crippen molar-refractivity contribution in [2.45, 2.75) is 57.7 Å². The summed E-state index contributed by atoms with van der Waals surface area (Å²) in [5.74, 6) is -1.82. The molecule has 0 fully saturated rings. The van der Waals surface area contributed by atoms with Gasteiger partial charge in [-0.25, -0.2) is 9.97 Å². The van der Waals surface area contributed by atoms with Crippen molar-refractivity contribution < 1.29 is 23.6 Å². The van der Waals surface area contributed by atoms with Crippen LogP contribution in [0.3, 0.4) is 0 Å². The number of hydrogen-bond acceptors (Lipinski definition) is 7. The maximum Gasteiger partial charge on any atom is 0.273 e. The second-order valence-corrected chi connectivity index (χ2v) is 10.9. The van der Waals surface area contributed by atoms with Crippen LogP contribution in [0, 0.1) is 5.92 Å². The third-order valence-corrected chi connectivity index (χ3v) is 7.38. The number of carbonyl (C=O) groups excluding carboxylic acids is 4. The molecule has 0 unspecified atom stereocenters. The SMILES string of the molecule is CC(C)[C@@H]1NC(=O)[C@@H](NC(=O)c2ccc3nccn3c2)CCCCNC(=O)c2coc(n2)[C@@H](Cc2ccccc2)NC1=O. The highest BCUT2D eigenvalue weighted by Crippen LogP contribution is 2.20. The van der Waals surface area contributed by atoms with Gasteiger partial charge in [0.05, 0.1) is 5.56 Å². The molecule has 2 bridgehead atoms. The molecular formula is C31H35N7O5. The standard InChI is InChI=1S/C31H35N7O5/c1-19(2)26-30(42)35-23(16-20-8-4-3-5-9-20)31-36-24(18-43-31)28(40)33-13-7-6-10-22(29(41)37-26)34-27(39)21-11-12-25-32-14-15-38(25)17-21/h3-5,8-9,11-12,14-15,17-19,22-23,26H,6-7,10,13,16H2,1-2H3,(H,33,40)(H,34,39)(H,35,42)(H,37,41)/t22-,23+,26-/m0/s1. The molecule has 4 heterocycles. The van der Waals surface area contributed by atoms with E-state index in [0.717, 1.165) is 5.56 Å². The highest BCUT2D eigenvalue weighted by atomic mass is 16.3. The highest BCUT2D eigenvalue weighted by Gasteiger charge is 2.32. The van der Waals surface area contributed by atoms with Crippen LogP contribution in [0.5, 0.6) is 0 Å². The van der Waals surface area contributed by atoms with Gasteiger partial charge in [-0.15, -0.1) is 0 Å². The summed E-state index contributed by atoms with van der Waals surface area (Å²) < 4.78 is 7.38. The van der Waals surface area contributed by atoms with Gasteiger partial charge in [0, 0.05) is 31.6 Å². The first-order valence-corrected chi connectivity index (χ1v) is 14.4. The Bertz CT molecular complexity index is 1600. The number of benzene rings is 1. The quantitative estimate of drug-likeness (QED) is 0.280. The summed E-state index contributed by atoms with van der Waals surface area (Å²) in [5.41, 5.74) is 2.10. The Morgan fingerprint density at radius 1 is 1.07 bits per heavy atom. The highest BCUT2D eigenvalue weighted by molar-refractivity contribution is 5.98. The maximum atomic E-state index is 13.7. The van der Waals surface area contributed by atoms with E-state index in [-0.39, 0.29) is 17.5 Å². The minimum absolute atomic E-state index is 0.114. The summed E-state index contributed by atoms with van der Waals surface area (Å²) in [6.45, 7) is 4.01. The van der Waals surface area contributed by atoms with Gasteiger partial charge in [-0.2, -0.15) is 0 Å². The molecule has 0 saturated carbocycles. The van der Waals surface area contributed by atoms with E-state index in [2.05, 4.69) is 31.2 Å². The van der Waals surface area contributed by atoms with Gasteiger partial charge in [-0.05, 0) is 42.9 Å². The van der Waals surface area contributed by atoms with Crippen LogP contribution < -0.4 is 21.3 Å². The number of hydrogen-bond donors (Lipinski definition) is 4. The molecule has 12 nitrogen and oxygen atoms in total. The number of oxazole rings is 1. The molecule has 0 aliphatic carbocycles. The number of rotatable bonds is 5. The zero-order chi connectivity index (χ0) is 30.3. The minimum atomic E-state index is -0.907. The molecule has 224 valence electrons. The molecule has 4 aromatic rings. The van der Waals surface area contributed by atoms with Crippen molar-refractivity contribution in [3.05, 3.63) is 90.0 Å². The van der Waals surface area contributed by atoms with Gasteiger partial charge < -0.3 is 30.1 Å².